The molecule has 1 aromatic carbocycles. The number of nitrogens with two attached hydrogens (primary N) is 1. The third-order valence-electron chi connectivity index (χ3n) is 3.77. The van der Waals surface area contributed by atoms with Gasteiger partial charge in [-0.15, -0.1) is 0 Å². The summed E-state index contributed by atoms with van der Waals surface area (Å²) in [7, 11) is 3.82. The standard InChI is InChI=1S/C16H26N2O3/c1-18(7-3-8-19-2)14(12-17)13-5-6-15-16(11-13)21-10-4-9-20-15/h5-6,11,14H,3-4,7-10,12,17H2,1-2H3. The molecule has 2 rings (SSSR count). The van der Waals surface area contributed by atoms with Crippen LogP contribution in [0.15, 0.2) is 18.2 Å². The minimum atomic E-state index is 0.180. The molecule has 0 radical (unpaired) electrons. The van der Waals surface area contributed by atoms with E-state index < -0.39 is 0 Å². The van der Waals surface area contributed by atoms with E-state index in [1.54, 1.807) is 7.11 Å². The Morgan fingerprint density at radius 3 is 2.76 bits per heavy atom. The smallest absolute Gasteiger partial charge is 0.161 e. The zero-order chi connectivity index (χ0) is 15.1. The van der Waals surface area contributed by atoms with E-state index in [1.807, 2.05) is 6.07 Å². The first-order chi connectivity index (χ1) is 10.3. The van der Waals surface area contributed by atoms with Crippen LogP contribution < -0.4 is 15.2 Å². The van der Waals surface area contributed by atoms with Crippen LogP contribution in [0.3, 0.4) is 0 Å². The van der Waals surface area contributed by atoms with Crippen molar-refractivity contribution in [2.24, 2.45) is 5.73 Å². The van der Waals surface area contributed by atoms with Gasteiger partial charge >= 0.3 is 0 Å². The van der Waals surface area contributed by atoms with Gasteiger partial charge in [0, 0.05) is 39.3 Å². The van der Waals surface area contributed by atoms with Crippen molar-refractivity contribution in [1.82, 2.24) is 4.90 Å². The Morgan fingerprint density at radius 1 is 1.29 bits per heavy atom. The van der Waals surface area contributed by atoms with Gasteiger partial charge in [0.25, 0.3) is 0 Å². The van der Waals surface area contributed by atoms with Crippen LogP contribution in [0.4, 0.5) is 0 Å². The molecule has 1 aliphatic rings. The summed E-state index contributed by atoms with van der Waals surface area (Å²) in [4.78, 5) is 2.26. The fraction of sp³-hybridized carbons (Fsp3) is 0.625. The van der Waals surface area contributed by atoms with E-state index in [2.05, 4.69) is 24.1 Å². The first kappa shape index (κ1) is 16.1. The molecule has 0 aliphatic carbocycles. The lowest BCUT2D eigenvalue weighted by molar-refractivity contribution is 0.166. The largest absolute Gasteiger partial charge is 0.490 e. The minimum Gasteiger partial charge on any atom is -0.490 e. The van der Waals surface area contributed by atoms with Crippen molar-refractivity contribution < 1.29 is 14.2 Å². The second-order valence-electron chi connectivity index (χ2n) is 5.34. The first-order valence-electron chi connectivity index (χ1n) is 7.55. The second kappa shape index (κ2) is 8.22. The maximum absolute atomic E-state index is 5.97. The maximum atomic E-state index is 5.97. The highest BCUT2D eigenvalue weighted by atomic mass is 16.5. The molecular formula is C16H26N2O3. The molecule has 0 saturated carbocycles. The highest BCUT2D eigenvalue weighted by Crippen LogP contribution is 2.33. The Labute approximate surface area is 127 Å². The van der Waals surface area contributed by atoms with E-state index >= 15 is 0 Å². The highest BCUT2D eigenvalue weighted by Gasteiger charge is 2.18. The van der Waals surface area contributed by atoms with Crippen LogP contribution in [0, 0.1) is 0 Å². The van der Waals surface area contributed by atoms with E-state index in [4.69, 9.17) is 19.9 Å². The molecule has 5 nitrogen and oxygen atoms in total. The fourth-order valence-corrected chi connectivity index (χ4v) is 2.57. The molecule has 0 saturated heterocycles. The van der Waals surface area contributed by atoms with Crippen molar-refractivity contribution in [3.8, 4) is 11.5 Å². The number of nitrogens with zero attached hydrogens (tertiary/aromatic N) is 1. The molecule has 1 aromatic rings. The van der Waals surface area contributed by atoms with Crippen LogP contribution in [-0.2, 0) is 4.74 Å². The van der Waals surface area contributed by atoms with Crippen LogP contribution >= 0.6 is 0 Å². The van der Waals surface area contributed by atoms with Crippen LogP contribution in [0.25, 0.3) is 0 Å². The van der Waals surface area contributed by atoms with Crippen LogP contribution in [0.1, 0.15) is 24.4 Å². The number of likely N-dealkylation sites (N-methyl/N-ethyl adjacent to an activating group) is 1. The molecule has 1 heterocycles. The normalized spacial score (nSPS) is 15.8. The van der Waals surface area contributed by atoms with Crippen molar-refractivity contribution in [2.75, 3.05) is 47.1 Å². The van der Waals surface area contributed by atoms with Gasteiger partial charge in [0.05, 0.1) is 13.2 Å². The van der Waals surface area contributed by atoms with Crippen LogP contribution in [-0.4, -0.2) is 52.0 Å². The molecule has 118 valence electrons. The Hall–Kier alpha value is -1.30. The molecule has 5 heteroatoms. The number of benzene rings is 1. The van der Waals surface area contributed by atoms with Crippen molar-refractivity contribution in [1.29, 1.82) is 0 Å². The van der Waals surface area contributed by atoms with Crippen molar-refractivity contribution in [2.45, 2.75) is 18.9 Å². The molecule has 1 aliphatic heterocycles. The SMILES string of the molecule is COCCCN(C)C(CN)c1ccc2c(c1)OCCCO2. The number of rotatable bonds is 7. The van der Waals surface area contributed by atoms with Crippen LogP contribution in [0.2, 0.25) is 0 Å². The van der Waals surface area contributed by atoms with Gasteiger partial charge in [-0.25, -0.2) is 0 Å². The Morgan fingerprint density at radius 2 is 2.05 bits per heavy atom. The molecule has 21 heavy (non-hydrogen) atoms. The summed E-state index contributed by atoms with van der Waals surface area (Å²) in [6.45, 7) is 3.70. The van der Waals surface area contributed by atoms with Gasteiger partial charge in [0.2, 0.25) is 0 Å². The summed E-state index contributed by atoms with van der Waals surface area (Å²) in [6, 6.07) is 6.31. The first-order valence-corrected chi connectivity index (χ1v) is 7.55. The predicted octanol–water partition coefficient (Wildman–Crippen LogP) is 1.82. The van der Waals surface area contributed by atoms with Crippen LogP contribution in [0.5, 0.6) is 11.5 Å². The Kier molecular flexibility index (Phi) is 6.29. The Bertz CT molecular complexity index is 440. The average Bonchev–Trinajstić information content (AvgIpc) is 2.73. The average molecular weight is 294 g/mol. The summed E-state index contributed by atoms with van der Waals surface area (Å²) in [6.07, 6.45) is 1.91. The third-order valence-corrected chi connectivity index (χ3v) is 3.77. The topological polar surface area (TPSA) is 57.0 Å². The summed E-state index contributed by atoms with van der Waals surface area (Å²) in [5, 5.41) is 0. The Balaban J connectivity index is 2.08. The van der Waals surface area contributed by atoms with Crippen molar-refractivity contribution in [3.63, 3.8) is 0 Å². The van der Waals surface area contributed by atoms with Gasteiger partial charge in [-0.05, 0) is 31.2 Å². The lowest BCUT2D eigenvalue weighted by Gasteiger charge is -2.27. The maximum Gasteiger partial charge on any atom is 0.161 e. The molecule has 2 N–H and O–H groups in total. The number of fused-ring (bicyclic) bond motifs is 1. The van der Waals surface area contributed by atoms with E-state index in [9.17, 15) is 0 Å². The summed E-state index contributed by atoms with van der Waals surface area (Å²) >= 11 is 0. The van der Waals surface area contributed by atoms with Gasteiger partial charge in [0.15, 0.2) is 11.5 Å². The lowest BCUT2D eigenvalue weighted by atomic mass is 10.0. The summed E-state index contributed by atoms with van der Waals surface area (Å²) < 4.78 is 16.5. The minimum absolute atomic E-state index is 0.180. The predicted molar refractivity (Wildman–Crippen MR) is 83.0 cm³/mol. The number of hydrogen-bond donors (Lipinski definition) is 1. The van der Waals surface area contributed by atoms with Gasteiger partial charge in [-0.2, -0.15) is 0 Å². The van der Waals surface area contributed by atoms with E-state index in [0.717, 1.165) is 37.5 Å². The van der Waals surface area contributed by atoms with E-state index in [-0.39, 0.29) is 6.04 Å². The number of ether oxygens (including phenoxy) is 3. The van der Waals surface area contributed by atoms with Gasteiger partial charge in [0.1, 0.15) is 0 Å². The summed E-state index contributed by atoms with van der Waals surface area (Å²) in [5.41, 5.74) is 7.14. The monoisotopic (exact) mass is 294 g/mol. The molecule has 0 spiro atoms. The fourth-order valence-electron chi connectivity index (χ4n) is 2.57. The van der Waals surface area contributed by atoms with Crippen molar-refractivity contribution in [3.05, 3.63) is 23.8 Å². The molecule has 0 amide bonds. The zero-order valence-corrected chi connectivity index (χ0v) is 13.0. The quantitative estimate of drug-likeness (QED) is 0.777. The van der Waals surface area contributed by atoms with Gasteiger partial charge < -0.3 is 19.9 Å². The highest BCUT2D eigenvalue weighted by molar-refractivity contribution is 5.44. The summed E-state index contributed by atoms with van der Waals surface area (Å²) in [5.74, 6) is 1.66. The lowest BCUT2D eigenvalue weighted by Crippen LogP contribution is -2.31. The second-order valence-corrected chi connectivity index (χ2v) is 5.34. The molecule has 1 atom stereocenters. The molecular weight excluding hydrogens is 268 g/mol. The van der Waals surface area contributed by atoms with E-state index in [0.29, 0.717) is 19.8 Å². The molecule has 0 aromatic heterocycles. The number of methoxy groups -OCH3 is 1. The molecule has 0 bridgehead atoms. The number of hydrogen-bond acceptors (Lipinski definition) is 5. The van der Waals surface area contributed by atoms with E-state index in [1.165, 1.54) is 5.56 Å². The van der Waals surface area contributed by atoms with Gasteiger partial charge in [-0.1, -0.05) is 6.07 Å². The molecule has 1 unspecified atom stereocenters. The van der Waals surface area contributed by atoms with Gasteiger partial charge in [-0.3, -0.25) is 4.90 Å². The molecule has 0 fully saturated rings. The van der Waals surface area contributed by atoms with Crippen molar-refractivity contribution >= 4 is 0 Å². The third kappa shape index (κ3) is 4.33. The zero-order valence-electron chi connectivity index (χ0n) is 13.0.